The van der Waals surface area contributed by atoms with Crippen molar-refractivity contribution in [2.45, 2.75) is 70.6 Å². The maximum absolute atomic E-state index is 13.1. The lowest BCUT2D eigenvalue weighted by atomic mass is 9.93. The van der Waals surface area contributed by atoms with E-state index in [1.54, 1.807) is 6.20 Å². The third-order valence-corrected chi connectivity index (χ3v) is 7.83. The molecule has 7 nitrogen and oxygen atoms in total. The van der Waals surface area contributed by atoms with Crippen molar-refractivity contribution in [3.8, 4) is 0 Å². The van der Waals surface area contributed by atoms with Crippen molar-refractivity contribution in [1.82, 2.24) is 15.3 Å². The molecule has 1 saturated heterocycles. The Morgan fingerprint density at radius 3 is 2.73 bits per heavy atom. The van der Waals surface area contributed by atoms with Gasteiger partial charge in [-0.15, -0.1) is 0 Å². The van der Waals surface area contributed by atoms with E-state index < -0.39 is 0 Å². The molecular formula is C25H32ClN5O2. The van der Waals surface area contributed by atoms with Gasteiger partial charge in [0.15, 0.2) is 0 Å². The normalized spacial score (nSPS) is 23.5. The molecule has 1 aromatic heterocycles. The zero-order valence-electron chi connectivity index (χ0n) is 19.1. The van der Waals surface area contributed by atoms with Crippen LogP contribution in [0, 0.1) is 12.3 Å². The van der Waals surface area contributed by atoms with Gasteiger partial charge in [0.2, 0.25) is 5.95 Å². The van der Waals surface area contributed by atoms with E-state index >= 15 is 0 Å². The zero-order chi connectivity index (χ0) is 23.0. The molecule has 176 valence electrons. The first-order valence-corrected chi connectivity index (χ1v) is 12.4. The molecule has 33 heavy (non-hydrogen) atoms. The minimum Gasteiger partial charge on any atom is -0.393 e. The van der Waals surface area contributed by atoms with Gasteiger partial charge in [-0.2, -0.15) is 4.98 Å². The lowest BCUT2D eigenvalue weighted by Crippen LogP contribution is -2.39. The quantitative estimate of drug-likeness (QED) is 0.590. The molecule has 0 unspecified atom stereocenters. The van der Waals surface area contributed by atoms with Gasteiger partial charge in [0.25, 0.3) is 5.91 Å². The summed E-state index contributed by atoms with van der Waals surface area (Å²) in [4.78, 5) is 24.8. The highest BCUT2D eigenvalue weighted by molar-refractivity contribution is 6.31. The lowest BCUT2D eigenvalue weighted by molar-refractivity contribution is 0.0867. The van der Waals surface area contributed by atoms with Gasteiger partial charge in [-0.1, -0.05) is 23.7 Å². The summed E-state index contributed by atoms with van der Waals surface area (Å²) in [6, 6.07) is 6.03. The summed E-state index contributed by atoms with van der Waals surface area (Å²) in [7, 11) is 0. The van der Waals surface area contributed by atoms with Gasteiger partial charge in [-0.25, -0.2) is 4.98 Å². The van der Waals surface area contributed by atoms with Crippen LogP contribution < -0.4 is 15.5 Å². The number of hydrogen-bond donors (Lipinski definition) is 3. The number of aliphatic hydroxyl groups is 1. The molecule has 8 heteroatoms. The molecule has 0 atom stereocenters. The predicted molar refractivity (Wildman–Crippen MR) is 130 cm³/mol. The summed E-state index contributed by atoms with van der Waals surface area (Å²) in [5, 5.41) is 17.0. The Balaban J connectivity index is 1.35. The van der Waals surface area contributed by atoms with Gasteiger partial charge in [-0.3, -0.25) is 4.79 Å². The second kappa shape index (κ2) is 9.11. The van der Waals surface area contributed by atoms with Crippen LogP contribution in [-0.2, 0) is 6.54 Å². The number of carbonyl (C=O) groups excluding carboxylic acids is 1. The predicted octanol–water partition coefficient (Wildman–Crippen LogP) is 4.07. The average molecular weight is 470 g/mol. The van der Waals surface area contributed by atoms with Crippen molar-refractivity contribution < 1.29 is 9.90 Å². The Bertz CT molecular complexity index is 1030. The van der Waals surface area contributed by atoms with Crippen LogP contribution in [0.2, 0.25) is 5.02 Å². The molecule has 2 aliphatic carbocycles. The van der Waals surface area contributed by atoms with E-state index in [9.17, 15) is 9.90 Å². The Hall–Kier alpha value is -2.38. The molecule has 3 fully saturated rings. The van der Waals surface area contributed by atoms with Crippen molar-refractivity contribution in [2.24, 2.45) is 5.41 Å². The number of anilines is 2. The standard InChI is InChI=1S/C25H32ClN5O2/c1-16-2-3-17(12-21(16)26)13-27-22-20(23(33)29-18-4-6-19(32)7-5-18)14-28-24(30-22)31-11-10-25(15-31)8-9-25/h2-3,12,14,18-19,32H,4-11,13,15H2,1H3,(H,29,33)(H,27,28,30)/t18-,19+. The van der Waals surface area contributed by atoms with Crippen LogP contribution in [0.1, 0.15) is 66.4 Å². The molecule has 3 N–H and O–H groups in total. The average Bonchev–Trinajstić information content (AvgIpc) is 3.44. The minimum atomic E-state index is -0.255. The van der Waals surface area contributed by atoms with E-state index in [4.69, 9.17) is 16.6 Å². The molecule has 2 aromatic rings. The number of aryl methyl sites for hydroxylation is 1. The summed E-state index contributed by atoms with van der Waals surface area (Å²) in [6.45, 7) is 4.45. The summed E-state index contributed by atoms with van der Waals surface area (Å²) < 4.78 is 0. The lowest BCUT2D eigenvalue weighted by Gasteiger charge is -2.26. The maximum Gasteiger partial charge on any atom is 0.256 e. The molecule has 1 amide bonds. The van der Waals surface area contributed by atoms with Gasteiger partial charge in [0.05, 0.1) is 6.10 Å². The summed E-state index contributed by atoms with van der Waals surface area (Å²) >= 11 is 6.30. The minimum absolute atomic E-state index is 0.0673. The fourth-order valence-electron chi connectivity index (χ4n) is 4.93. The molecule has 1 spiro atoms. The van der Waals surface area contributed by atoms with Gasteiger partial charge in [0, 0.05) is 36.9 Å². The number of rotatable bonds is 6. The largest absolute Gasteiger partial charge is 0.393 e. The summed E-state index contributed by atoms with van der Waals surface area (Å²) in [5.74, 6) is 1.05. The number of aliphatic hydroxyl groups excluding tert-OH is 1. The highest BCUT2D eigenvalue weighted by atomic mass is 35.5. The van der Waals surface area contributed by atoms with Crippen LogP contribution >= 0.6 is 11.6 Å². The number of nitrogens with zero attached hydrogens (tertiary/aromatic N) is 3. The topological polar surface area (TPSA) is 90.4 Å². The smallest absolute Gasteiger partial charge is 0.256 e. The number of halogens is 1. The van der Waals surface area contributed by atoms with Crippen LogP contribution in [0.5, 0.6) is 0 Å². The third-order valence-electron chi connectivity index (χ3n) is 7.43. The molecule has 3 aliphatic rings. The van der Waals surface area contributed by atoms with E-state index in [2.05, 4.69) is 20.5 Å². The summed E-state index contributed by atoms with van der Waals surface area (Å²) in [6.07, 6.45) is 8.17. The van der Waals surface area contributed by atoms with Gasteiger partial charge in [-0.05, 0) is 74.5 Å². The fraction of sp³-hybridized carbons (Fsp3) is 0.560. The molecule has 1 aromatic carbocycles. The number of aromatic nitrogens is 2. The highest BCUT2D eigenvalue weighted by Crippen LogP contribution is 2.53. The van der Waals surface area contributed by atoms with E-state index in [-0.39, 0.29) is 18.1 Å². The van der Waals surface area contributed by atoms with E-state index in [0.29, 0.717) is 29.3 Å². The first-order valence-electron chi connectivity index (χ1n) is 12.0. The van der Waals surface area contributed by atoms with Crippen molar-refractivity contribution in [2.75, 3.05) is 23.3 Å². The Kier molecular flexibility index (Phi) is 6.18. The maximum atomic E-state index is 13.1. The first kappa shape index (κ1) is 22.4. The highest BCUT2D eigenvalue weighted by Gasteiger charge is 2.48. The number of nitrogens with one attached hydrogen (secondary N) is 2. The second-order valence-corrected chi connectivity index (χ2v) is 10.4. The molecule has 0 radical (unpaired) electrons. The van der Waals surface area contributed by atoms with E-state index in [0.717, 1.165) is 54.9 Å². The van der Waals surface area contributed by atoms with Crippen molar-refractivity contribution >= 4 is 29.3 Å². The number of benzene rings is 1. The van der Waals surface area contributed by atoms with Gasteiger partial charge < -0.3 is 20.6 Å². The van der Waals surface area contributed by atoms with E-state index in [1.165, 1.54) is 19.3 Å². The van der Waals surface area contributed by atoms with Crippen LogP contribution in [-0.4, -0.2) is 46.2 Å². The third kappa shape index (κ3) is 5.09. The molecule has 5 rings (SSSR count). The molecule has 2 saturated carbocycles. The van der Waals surface area contributed by atoms with Gasteiger partial charge in [0.1, 0.15) is 11.4 Å². The Morgan fingerprint density at radius 1 is 1.24 bits per heavy atom. The molecule has 1 aliphatic heterocycles. The molecular weight excluding hydrogens is 438 g/mol. The zero-order valence-corrected chi connectivity index (χ0v) is 19.9. The fourth-order valence-corrected chi connectivity index (χ4v) is 5.14. The SMILES string of the molecule is Cc1ccc(CNc2nc(N3CCC4(CC4)C3)ncc2C(=O)N[C@H]2CC[C@@H](O)CC2)cc1Cl. The van der Waals surface area contributed by atoms with Crippen molar-refractivity contribution in [3.05, 3.63) is 46.1 Å². The van der Waals surface area contributed by atoms with E-state index in [1.807, 2.05) is 25.1 Å². The van der Waals surface area contributed by atoms with Crippen LogP contribution in [0.3, 0.4) is 0 Å². The number of amides is 1. The Labute approximate surface area is 200 Å². The Morgan fingerprint density at radius 2 is 2.03 bits per heavy atom. The van der Waals surface area contributed by atoms with Crippen LogP contribution in [0.15, 0.2) is 24.4 Å². The van der Waals surface area contributed by atoms with Crippen molar-refractivity contribution in [1.29, 1.82) is 0 Å². The number of hydrogen-bond acceptors (Lipinski definition) is 6. The molecule has 2 heterocycles. The summed E-state index contributed by atoms with van der Waals surface area (Å²) in [5.41, 5.74) is 2.97. The second-order valence-electron chi connectivity index (χ2n) is 10.0. The van der Waals surface area contributed by atoms with Gasteiger partial charge >= 0.3 is 0 Å². The van der Waals surface area contributed by atoms with Crippen LogP contribution in [0.4, 0.5) is 11.8 Å². The first-order chi connectivity index (χ1) is 15.9. The molecule has 0 bridgehead atoms. The monoisotopic (exact) mass is 469 g/mol. The van der Waals surface area contributed by atoms with Crippen molar-refractivity contribution in [3.63, 3.8) is 0 Å². The number of carbonyl (C=O) groups is 1. The van der Waals surface area contributed by atoms with Crippen LogP contribution in [0.25, 0.3) is 0 Å².